The Morgan fingerprint density at radius 1 is 0.972 bits per heavy atom. The van der Waals surface area contributed by atoms with Gasteiger partial charge in [0.2, 0.25) is 0 Å². The van der Waals surface area contributed by atoms with Crippen LogP contribution in [-0.4, -0.2) is 42.2 Å². The van der Waals surface area contributed by atoms with Crippen LogP contribution in [0.15, 0.2) is 83.9 Å². The van der Waals surface area contributed by atoms with Gasteiger partial charge >= 0.3 is 0 Å². The van der Waals surface area contributed by atoms with Crippen LogP contribution in [0.25, 0.3) is 10.9 Å². The molecule has 0 saturated heterocycles. The number of aryl methyl sites for hydroxylation is 2. The number of ether oxygens (including phenoxy) is 1. The summed E-state index contributed by atoms with van der Waals surface area (Å²) in [4.78, 5) is 22.3. The molecule has 0 aliphatic heterocycles. The summed E-state index contributed by atoms with van der Waals surface area (Å²) in [5.74, 6) is 1.49. The van der Waals surface area contributed by atoms with Crippen molar-refractivity contribution in [2.24, 2.45) is 0 Å². The van der Waals surface area contributed by atoms with Crippen molar-refractivity contribution in [1.29, 1.82) is 0 Å². The number of nitrogens with one attached hydrogen (secondary N) is 1. The fourth-order valence-corrected chi connectivity index (χ4v) is 4.22. The minimum Gasteiger partial charge on any atom is -0.497 e. The summed E-state index contributed by atoms with van der Waals surface area (Å²) in [5, 5.41) is 13.3. The van der Waals surface area contributed by atoms with Crippen LogP contribution in [0, 0.1) is 0 Å². The van der Waals surface area contributed by atoms with Gasteiger partial charge in [0.25, 0.3) is 5.56 Å². The van der Waals surface area contributed by atoms with E-state index < -0.39 is 0 Å². The first kappa shape index (κ1) is 23.4. The Bertz CT molecular complexity index is 1480. The number of hydrogen-bond acceptors (Lipinski definition) is 7. The highest BCUT2D eigenvalue weighted by molar-refractivity contribution is 5.80. The van der Waals surface area contributed by atoms with Crippen molar-refractivity contribution in [1.82, 2.24) is 35.1 Å². The SMILES string of the molecule is COc1ccc2[nH]c(=O)c(CN(Cc3cccnc3)Cc3nnnn3CCc3ccccc3)cc2c1. The largest absolute Gasteiger partial charge is 0.497 e. The zero-order valence-electron chi connectivity index (χ0n) is 20.0. The molecular formula is C27H27N7O2. The summed E-state index contributed by atoms with van der Waals surface area (Å²) in [6.45, 7) is 2.16. The molecule has 0 bridgehead atoms. The van der Waals surface area contributed by atoms with Crippen LogP contribution in [0.3, 0.4) is 0 Å². The van der Waals surface area contributed by atoms with Crippen molar-refractivity contribution < 1.29 is 4.74 Å². The third-order valence-electron chi connectivity index (χ3n) is 6.08. The van der Waals surface area contributed by atoms with Gasteiger partial charge in [-0.05, 0) is 58.3 Å². The van der Waals surface area contributed by atoms with E-state index in [1.54, 1.807) is 13.3 Å². The van der Waals surface area contributed by atoms with E-state index in [1.807, 2.05) is 65.5 Å². The Hall–Kier alpha value is -4.37. The Balaban J connectivity index is 1.40. The standard InChI is InChI=1S/C27H27N7O2/c1-36-24-9-10-25-22(15-24)14-23(27(35)29-25)18-33(17-21-8-5-12-28-16-21)19-26-30-31-32-34(26)13-11-20-6-3-2-4-7-20/h2-10,12,14-16H,11,13,17-19H2,1H3,(H,29,35). The fourth-order valence-electron chi connectivity index (χ4n) is 4.22. The van der Waals surface area contributed by atoms with Gasteiger partial charge in [-0.1, -0.05) is 36.4 Å². The van der Waals surface area contributed by atoms with Gasteiger partial charge in [0.1, 0.15) is 5.75 Å². The molecule has 0 spiro atoms. The second-order valence-corrected chi connectivity index (χ2v) is 8.64. The molecule has 0 aliphatic rings. The van der Waals surface area contributed by atoms with Gasteiger partial charge in [0, 0.05) is 48.5 Å². The Kier molecular flexibility index (Phi) is 7.09. The summed E-state index contributed by atoms with van der Waals surface area (Å²) in [6.07, 6.45) is 4.41. The average molecular weight is 482 g/mol. The number of rotatable bonds is 10. The number of methoxy groups -OCH3 is 1. The van der Waals surface area contributed by atoms with Crippen LogP contribution in [0.2, 0.25) is 0 Å². The number of fused-ring (bicyclic) bond motifs is 1. The smallest absolute Gasteiger partial charge is 0.252 e. The second kappa shape index (κ2) is 10.9. The number of pyridine rings is 2. The summed E-state index contributed by atoms with van der Waals surface area (Å²) < 4.78 is 7.19. The van der Waals surface area contributed by atoms with Crippen molar-refractivity contribution >= 4 is 10.9 Å². The van der Waals surface area contributed by atoms with Gasteiger partial charge in [-0.15, -0.1) is 5.10 Å². The van der Waals surface area contributed by atoms with E-state index >= 15 is 0 Å². The monoisotopic (exact) mass is 481 g/mol. The van der Waals surface area contributed by atoms with Crippen LogP contribution >= 0.6 is 0 Å². The molecule has 0 fully saturated rings. The first-order valence-corrected chi connectivity index (χ1v) is 11.8. The predicted octanol–water partition coefficient (Wildman–Crippen LogP) is 3.36. The normalized spacial score (nSPS) is 11.3. The molecule has 9 nitrogen and oxygen atoms in total. The molecule has 2 aromatic carbocycles. The molecule has 1 N–H and O–H groups in total. The highest BCUT2D eigenvalue weighted by Gasteiger charge is 2.16. The molecular weight excluding hydrogens is 454 g/mol. The quantitative estimate of drug-likeness (QED) is 0.326. The van der Waals surface area contributed by atoms with Crippen molar-refractivity contribution in [2.75, 3.05) is 7.11 Å². The van der Waals surface area contributed by atoms with E-state index in [0.29, 0.717) is 31.7 Å². The highest BCUT2D eigenvalue weighted by Crippen LogP contribution is 2.20. The second-order valence-electron chi connectivity index (χ2n) is 8.64. The van der Waals surface area contributed by atoms with Crippen LogP contribution in [0.1, 0.15) is 22.5 Å². The van der Waals surface area contributed by atoms with Crippen LogP contribution in [0.5, 0.6) is 5.75 Å². The van der Waals surface area contributed by atoms with Gasteiger partial charge < -0.3 is 9.72 Å². The lowest BCUT2D eigenvalue weighted by atomic mass is 10.1. The van der Waals surface area contributed by atoms with Gasteiger partial charge in [0.05, 0.1) is 13.7 Å². The topological polar surface area (TPSA) is 102 Å². The van der Waals surface area contributed by atoms with Crippen molar-refractivity contribution in [2.45, 2.75) is 32.6 Å². The average Bonchev–Trinajstić information content (AvgIpc) is 3.35. The molecule has 0 unspecified atom stereocenters. The molecule has 36 heavy (non-hydrogen) atoms. The van der Waals surface area contributed by atoms with Crippen molar-refractivity contribution in [3.63, 3.8) is 0 Å². The molecule has 5 aromatic rings. The molecule has 0 amide bonds. The third kappa shape index (κ3) is 5.64. The van der Waals surface area contributed by atoms with Crippen molar-refractivity contribution in [3.8, 4) is 5.75 Å². The summed E-state index contributed by atoms with van der Waals surface area (Å²) in [5.41, 5.74) is 3.58. The third-order valence-corrected chi connectivity index (χ3v) is 6.08. The van der Waals surface area contributed by atoms with E-state index in [1.165, 1.54) is 5.56 Å². The van der Waals surface area contributed by atoms with Crippen LogP contribution < -0.4 is 10.3 Å². The van der Waals surface area contributed by atoms with Gasteiger partial charge in [-0.2, -0.15) is 0 Å². The van der Waals surface area contributed by atoms with Gasteiger partial charge in [0.15, 0.2) is 5.82 Å². The van der Waals surface area contributed by atoms with E-state index in [2.05, 4.69) is 42.5 Å². The first-order valence-electron chi connectivity index (χ1n) is 11.8. The van der Waals surface area contributed by atoms with Crippen LogP contribution in [-0.2, 0) is 32.6 Å². The van der Waals surface area contributed by atoms with E-state index in [9.17, 15) is 4.79 Å². The molecule has 3 aromatic heterocycles. The number of aromatic amines is 1. The molecule has 0 aliphatic carbocycles. The van der Waals surface area contributed by atoms with E-state index in [0.717, 1.165) is 34.5 Å². The van der Waals surface area contributed by atoms with Gasteiger partial charge in [-0.25, -0.2) is 4.68 Å². The highest BCUT2D eigenvalue weighted by atomic mass is 16.5. The van der Waals surface area contributed by atoms with Gasteiger partial charge in [-0.3, -0.25) is 14.7 Å². The first-order chi connectivity index (χ1) is 17.7. The Labute approximate surface area is 208 Å². The summed E-state index contributed by atoms with van der Waals surface area (Å²) in [6, 6.07) is 21.7. The molecule has 9 heteroatoms. The van der Waals surface area contributed by atoms with E-state index in [4.69, 9.17) is 4.74 Å². The number of hydrogen-bond donors (Lipinski definition) is 1. The number of tetrazole rings is 1. The zero-order chi connectivity index (χ0) is 24.7. The Morgan fingerprint density at radius 2 is 1.83 bits per heavy atom. The van der Waals surface area contributed by atoms with E-state index in [-0.39, 0.29) is 5.56 Å². The maximum Gasteiger partial charge on any atom is 0.252 e. The zero-order valence-corrected chi connectivity index (χ0v) is 20.0. The van der Waals surface area contributed by atoms with Crippen molar-refractivity contribution in [3.05, 3.63) is 112 Å². The maximum atomic E-state index is 12.9. The fraction of sp³-hybridized carbons (Fsp3) is 0.222. The maximum absolute atomic E-state index is 12.9. The predicted molar refractivity (Wildman–Crippen MR) is 136 cm³/mol. The minimum absolute atomic E-state index is 0.118. The number of nitrogens with zero attached hydrogens (tertiary/aromatic N) is 6. The molecule has 0 saturated carbocycles. The molecule has 0 radical (unpaired) electrons. The number of H-pyrrole nitrogens is 1. The lowest BCUT2D eigenvalue weighted by Crippen LogP contribution is -2.28. The lowest BCUT2D eigenvalue weighted by Gasteiger charge is -2.22. The molecule has 0 atom stereocenters. The summed E-state index contributed by atoms with van der Waals surface area (Å²) in [7, 11) is 1.63. The lowest BCUT2D eigenvalue weighted by molar-refractivity contribution is 0.235. The number of aromatic nitrogens is 6. The minimum atomic E-state index is -0.118. The number of benzene rings is 2. The molecule has 3 heterocycles. The molecule has 5 rings (SSSR count). The molecule has 182 valence electrons. The summed E-state index contributed by atoms with van der Waals surface area (Å²) >= 11 is 0. The van der Waals surface area contributed by atoms with Crippen LogP contribution in [0.4, 0.5) is 0 Å². The Morgan fingerprint density at radius 3 is 2.64 bits per heavy atom.